The number of amides is 2. The van der Waals surface area contributed by atoms with Crippen LogP contribution in [-0.2, 0) is 23.9 Å². The van der Waals surface area contributed by atoms with Crippen molar-refractivity contribution in [1.29, 1.82) is 0 Å². The van der Waals surface area contributed by atoms with Crippen LogP contribution >= 0.6 is 22.7 Å². The highest BCUT2D eigenvalue weighted by Gasteiger charge is 2.47. The first-order valence-corrected chi connectivity index (χ1v) is 16.5. The largest absolute Gasteiger partial charge is 0.495 e. The van der Waals surface area contributed by atoms with Crippen LogP contribution in [-0.4, -0.2) is 73.0 Å². The van der Waals surface area contributed by atoms with E-state index < -0.39 is 29.2 Å². The summed E-state index contributed by atoms with van der Waals surface area (Å²) in [6.45, 7) is 0.317. The maximum Gasteiger partial charge on any atom is 0.303 e. The zero-order valence-corrected chi connectivity index (χ0v) is 27.6. The number of nitrogens with one attached hydrogen (secondary N) is 2. The molecule has 2 aromatic heterocycles. The van der Waals surface area contributed by atoms with Crippen LogP contribution in [0.2, 0.25) is 0 Å². The van der Waals surface area contributed by atoms with E-state index in [9.17, 15) is 28.8 Å². The van der Waals surface area contributed by atoms with Gasteiger partial charge in [-0.05, 0) is 47.9 Å². The summed E-state index contributed by atoms with van der Waals surface area (Å²) in [6, 6.07) is 9.89. The number of methoxy groups -OCH3 is 2. The number of ether oxygens (including phenoxy) is 3. The third-order valence-corrected chi connectivity index (χ3v) is 10.3. The number of carboxylic acids is 2. The molecule has 1 aliphatic rings. The normalized spacial score (nSPS) is 14.0. The highest BCUT2D eigenvalue weighted by molar-refractivity contribution is 7.21. The average molecular weight is 697 g/mol. The fraction of sp³-hybridized carbons (Fsp3) is 0.333. The van der Waals surface area contributed by atoms with E-state index in [0.29, 0.717) is 41.4 Å². The molecule has 0 aliphatic carbocycles. The Bertz CT molecular complexity index is 1810. The van der Waals surface area contributed by atoms with Crippen LogP contribution in [0.15, 0.2) is 36.4 Å². The molecule has 3 heterocycles. The van der Waals surface area contributed by atoms with Gasteiger partial charge >= 0.3 is 11.9 Å². The predicted octanol–water partition coefficient (Wildman–Crippen LogP) is 5.60. The topological polar surface area (TPSA) is 195 Å². The molecule has 0 bridgehead atoms. The Labute approximate surface area is 281 Å². The van der Waals surface area contributed by atoms with Gasteiger partial charge in [-0.25, -0.2) is 0 Å². The Morgan fingerprint density at radius 1 is 0.688 bits per heavy atom. The van der Waals surface area contributed by atoms with Gasteiger partial charge in [0.2, 0.25) is 11.8 Å². The van der Waals surface area contributed by atoms with E-state index >= 15 is 0 Å². The highest BCUT2D eigenvalue weighted by atomic mass is 32.1. The van der Waals surface area contributed by atoms with Crippen LogP contribution in [0.3, 0.4) is 0 Å². The molecule has 4 aromatic rings. The van der Waals surface area contributed by atoms with Crippen molar-refractivity contribution in [2.45, 2.75) is 38.5 Å². The molecule has 1 saturated heterocycles. The standard InChI is InChI=1S/C33H32N2O11S2/c1-44-23-15-25-17(13-27(47-25)21(36)3-5-29(38)39)11-19(23)34-31(42)33(7-9-46-10-8-33)32(43)35-20-12-18-14-28(22(37)4-6-30(40)41)48-26(18)16-24(20)45-2/h11-16H,3-10H2,1-2H3,(H,34,42)(H,35,43)(H,38,39)(H,40,41). The monoisotopic (exact) mass is 696 g/mol. The number of carbonyl (C=O) groups excluding carboxylic acids is 4. The first-order chi connectivity index (χ1) is 22.9. The smallest absolute Gasteiger partial charge is 0.303 e. The minimum atomic E-state index is -1.54. The number of aliphatic carboxylic acids is 2. The van der Waals surface area contributed by atoms with Crippen LogP contribution in [0, 0.1) is 5.41 Å². The third kappa shape index (κ3) is 7.32. The molecule has 0 unspecified atom stereocenters. The van der Waals surface area contributed by atoms with Gasteiger partial charge in [0, 0.05) is 47.6 Å². The van der Waals surface area contributed by atoms with Crippen molar-refractivity contribution in [3.63, 3.8) is 0 Å². The molecule has 1 fully saturated rings. The second-order valence-electron chi connectivity index (χ2n) is 11.1. The van der Waals surface area contributed by atoms with Crippen molar-refractivity contribution in [2.24, 2.45) is 5.41 Å². The second kappa shape index (κ2) is 14.5. The van der Waals surface area contributed by atoms with Gasteiger partial charge in [0.05, 0.1) is 48.2 Å². The van der Waals surface area contributed by atoms with Gasteiger partial charge in [0.15, 0.2) is 11.6 Å². The SMILES string of the molecule is COc1cc2sc(C(=O)CCC(=O)O)cc2cc1NC(=O)C1(C(=O)Nc2cc3cc(C(=O)CCC(=O)O)sc3cc2OC)CCOCC1. The van der Waals surface area contributed by atoms with Crippen molar-refractivity contribution in [3.05, 3.63) is 46.2 Å². The number of Topliss-reactive ketones (excluding diaryl/α,β-unsaturated/α-hetero) is 2. The number of hydrogen-bond donors (Lipinski definition) is 4. The quantitative estimate of drug-likeness (QED) is 0.0946. The van der Waals surface area contributed by atoms with Crippen molar-refractivity contribution in [2.75, 3.05) is 38.1 Å². The van der Waals surface area contributed by atoms with E-state index in [0.717, 1.165) is 0 Å². The van der Waals surface area contributed by atoms with Crippen LogP contribution in [0.25, 0.3) is 20.2 Å². The molecule has 13 nitrogen and oxygen atoms in total. The van der Waals surface area contributed by atoms with E-state index in [2.05, 4.69) is 10.6 Å². The number of hydrogen-bond acceptors (Lipinski definition) is 11. The molecular weight excluding hydrogens is 665 g/mol. The zero-order valence-electron chi connectivity index (χ0n) is 26.0. The molecule has 0 spiro atoms. The van der Waals surface area contributed by atoms with Crippen LogP contribution < -0.4 is 20.1 Å². The molecule has 252 valence electrons. The number of benzene rings is 2. The lowest BCUT2D eigenvalue weighted by Crippen LogP contribution is -2.49. The molecule has 15 heteroatoms. The molecule has 4 N–H and O–H groups in total. The molecule has 2 aromatic carbocycles. The van der Waals surface area contributed by atoms with E-state index in [-0.39, 0.29) is 74.7 Å². The number of carbonyl (C=O) groups is 6. The van der Waals surface area contributed by atoms with Crippen LogP contribution in [0.1, 0.15) is 57.9 Å². The van der Waals surface area contributed by atoms with Gasteiger partial charge in [0.1, 0.15) is 16.9 Å². The highest BCUT2D eigenvalue weighted by Crippen LogP contribution is 2.41. The van der Waals surface area contributed by atoms with Crippen molar-refractivity contribution in [3.8, 4) is 11.5 Å². The third-order valence-electron chi connectivity index (χ3n) is 8.07. The Hall–Kier alpha value is -4.86. The maximum absolute atomic E-state index is 14.0. The fourth-order valence-corrected chi connectivity index (χ4v) is 7.47. The maximum atomic E-state index is 14.0. The van der Waals surface area contributed by atoms with E-state index in [1.54, 1.807) is 36.4 Å². The summed E-state index contributed by atoms with van der Waals surface area (Å²) in [6.07, 6.45) is -0.679. The molecule has 48 heavy (non-hydrogen) atoms. The molecule has 5 rings (SSSR count). The van der Waals surface area contributed by atoms with Crippen molar-refractivity contribution < 1.29 is 53.2 Å². The second-order valence-corrected chi connectivity index (χ2v) is 13.3. The predicted molar refractivity (Wildman–Crippen MR) is 179 cm³/mol. The molecule has 2 amide bonds. The Morgan fingerprint density at radius 2 is 1.10 bits per heavy atom. The van der Waals surface area contributed by atoms with E-state index in [1.165, 1.54) is 36.9 Å². The zero-order chi connectivity index (χ0) is 34.6. The van der Waals surface area contributed by atoms with Gasteiger partial charge in [-0.2, -0.15) is 0 Å². The lowest BCUT2D eigenvalue weighted by Gasteiger charge is -2.34. The summed E-state index contributed by atoms with van der Waals surface area (Å²) in [5.74, 6) is -3.31. The number of rotatable bonds is 14. The first-order valence-electron chi connectivity index (χ1n) is 14.9. The first kappa shape index (κ1) is 34.5. The number of anilines is 2. The number of thiophene rings is 2. The average Bonchev–Trinajstić information content (AvgIpc) is 3.69. The van der Waals surface area contributed by atoms with Gasteiger partial charge < -0.3 is 35.1 Å². The summed E-state index contributed by atoms with van der Waals surface area (Å²) in [4.78, 5) is 75.8. The molecule has 1 aliphatic heterocycles. The van der Waals surface area contributed by atoms with Gasteiger partial charge in [0.25, 0.3) is 0 Å². The molecule has 0 atom stereocenters. The summed E-state index contributed by atoms with van der Waals surface area (Å²) in [5.41, 5.74) is -0.973. The number of fused-ring (bicyclic) bond motifs is 2. The van der Waals surface area contributed by atoms with Crippen molar-refractivity contribution >= 4 is 89.5 Å². The van der Waals surface area contributed by atoms with Gasteiger partial charge in [-0.3, -0.25) is 28.8 Å². The van der Waals surface area contributed by atoms with Crippen LogP contribution in [0.4, 0.5) is 11.4 Å². The minimum absolute atomic E-state index is 0.0845. The Morgan fingerprint density at radius 3 is 1.48 bits per heavy atom. The summed E-state index contributed by atoms with van der Waals surface area (Å²) in [5, 5.41) is 24.8. The van der Waals surface area contributed by atoms with Crippen molar-refractivity contribution in [1.82, 2.24) is 0 Å². The van der Waals surface area contributed by atoms with Gasteiger partial charge in [-0.1, -0.05) is 0 Å². The summed E-state index contributed by atoms with van der Waals surface area (Å²) in [7, 11) is 2.86. The van der Waals surface area contributed by atoms with E-state index in [4.69, 9.17) is 24.4 Å². The Balaban J connectivity index is 1.41. The Kier molecular flexibility index (Phi) is 10.4. The van der Waals surface area contributed by atoms with Gasteiger partial charge in [-0.15, -0.1) is 22.7 Å². The lowest BCUT2D eigenvalue weighted by molar-refractivity contribution is -0.143. The van der Waals surface area contributed by atoms with Crippen LogP contribution in [0.5, 0.6) is 11.5 Å². The minimum Gasteiger partial charge on any atom is -0.495 e. The number of carboxylic acid groups (broad SMARTS) is 2. The molecule has 0 saturated carbocycles. The summed E-state index contributed by atoms with van der Waals surface area (Å²) >= 11 is 2.38. The lowest BCUT2D eigenvalue weighted by atomic mass is 9.78. The molecular formula is C33H32N2O11S2. The van der Waals surface area contributed by atoms with E-state index in [1.807, 2.05) is 0 Å². The number of ketones is 2. The summed E-state index contributed by atoms with van der Waals surface area (Å²) < 4.78 is 18.0. The molecule has 0 radical (unpaired) electrons. The fourth-order valence-electron chi connectivity index (χ4n) is 5.39.